The van der Waals surface area contributed by atoms with Crippen molar-refractivity contribution in [3.05, 3.63) is 102 Å². The molecule has 262 valence electrons. The van der Waals surface area contributed by atoms with Crippen LogP contribution in [-0.2, 0) is 29.2 Å². The summed E-state index contributed by atoms with van der Waals surface area (Å²) in [5, 5.41) is 0. The van der Waals surface area contributed by atoms with Crippen LogP contribution in [0.5, 0.6) is 11.5 Å². The van der Waals surface area contributed by atoms with E-state index in [2.05, 4.69) is 14.9 Å². The molecule has 0 saturated carbocycles. The van der Waals surface area contributed by atoms with E-state index in [0.29, 0.717) is 54.2 Å². The first kappa shape index (κ1) is 35.9. The molecule has 1 saturated heterocycles. The van der Waals surface area contributed by atoms with Crippen molar-refractivity contribution in [2.45, 2.75) is 48.8 Å². The SMILES string of the molecule is COc1ccc(CN(c2ccncn2)S(=O)(=O)c2ccc(N3CCCC(CCc4cccc(C(F)(F)F)c4)(N(C)C)C3)cc2F)c(OC)c1. The summed E-state index contributed by atoms with van der Waals surface area (Å²) in [5.74, 6) is 0.0180. The summed E-state index contributed by atoms with van der Waals surface area (Å²) in [6.45, 7) is 0.876. The van der Waals surface area contributed by atoms with Gasteiger partial charge >= 0.3 is 6.18 Å². The minimum atomic E-state index is -4.49. The van der Waals surface area contributed by atoms with Crippen LogP contribution in [0.1, 0.15) is 36.0 Å². The zero-order chi connectivity index (χ0) is 35.4. The number of rotatable bonds is 12. The highest BCUT2D eigenvalue weighted by atomic mass is 32.2. The number of nitrogens with zero attached hydrogens (tertiary/aromatic N) is 5. The molecule has 1 fully saturated rings. The largest absolute Gasteiger partial charge is 0.497 e. The smallest absolute Gasteiger partial charge is 0.416 e. The Hall–Kier alpha value is -4.43. The maximum absolute atomic E-state index is 16.0. The minimum Gasteiger partial charge on any atom is -0.497 e. The van der Waals surface area contributed by atoms with Crippen LogP contribution in [0.15, 0.2) is 84.1 Å². The number of likely N-dealkylation sites (N-methyl/N-ethyl adjacent to an activating group) is 1. The summed E-state index contributed by atoms with van der Waals surface area (Å²) >= 11 is 0. The van der Waals surface area contributed by atoms with Crippen molar-refractivity contribution in [3.8, 4) is 11.5 Å². The fraction of sp³-hybridized carbons (Fsp3) is 0.371. The Morgan fingerprint density at radius 2 is 1.80 bits per heavy atom. The lowest BCUT2D eigenvalue weighted by Crippen LogP contribution is -2.56. The number of hydrogen-bond donors (Lipinski definition) is 0. The summed E-state index contributed by atoms with van der Waals surface area (Å²) in [4.78, 5) is 11.6. The van der Waals surface area contributed by atoms with Gasteiger partial charge in [0, 0.05) is 48.2 Å². The van der Waals surface area contributed by atoms with Gasteiger partial charge in [-0.3, -0.25) is 0 Å². The fourth-order valence-corrected chi connectivity index (χ4v) is 7.72. The van der Waals surface area contributed by atoms with Gasteiger partial charge in [0.2, 0.25) is 0 Å². The van der Waals surface area contributed by atoms with Gasteiger partial charge in [0.25, 0.3) is 10.0 Å². The molecule has 1 atom stereocenters. The highest BCUT2D eigenvalue weighted by Crippen LogP contribution is 2.36. The Balaban J connectivity index is 1.41. The Morgan fingerprint density at radius 3 is 2.45 bits per heavy atom. The van der Waals surface area contributed by atoms with Gasteiger partial charge in [0.1, 0.15) is 34.4 Å². The van der Waals surface area contributed by atoms with E-state index in [1.807, 2.05) is 19.0 Å². The molecule has 0 amide bonds. The maximum Gasteiger partial charge on any atom is 0.416 e. The Bertz CT molecular complexity index is 1860. The van der Waals surface area contributed by atoms with Crippen LogP contribution in [0.2, 0.25) is 0 Å². The van der Waals surface area contributed by atoms with Crippen LogP contribution < -0.4 is 18.7 Å². The Labute approximate surface area is 284 Å². The summed E-state index contributed by atoms with van der Waals surface area (Å²) in [6, 6.07) is 15.8. The van der Waals surface area contributed by atoms with Gasteiger partial charge in [-0.15, -0.1) is 0 Å². The number of aryl methyl sites for hydroxylation is 1. The summed E-state index contributed by atoms with van der Waals surface area (Å²) in [7, 11) is 2.34. The fourth-order valence-electron chi connectivity index (χ4n) is 6.28. The Morgan fingerprint density at radius 1 is 1.00 bits per heavy atom. The van der Waals surface area contributed by atoms with E-state index >= 15 is 4.39 Å². The molecule has 4 aromatic rings. The zero-order valence-corrected chi connectivity index (χ0v) is 28.6. The molecule has 1 aliphatic rings. The topological polar surface area (TPSA) is 88.1 Å². The first-order valence-corrected chi connectivity index (χ1v) is 17.1. The molecule has 0 aliphatic carbocycles. The predicted octanol–water partition coefficient (Wildman–Crippen LogP) is 6.58. The van der Waals surface area contributed by atoms with Gasteiger partial charge < -0.3 is 19.3 Å². The number of anilines is 2. The first-order chi connectivity index (χ1) is 23.3. The van der Waals surface area contributed by atoms with Gasteiger partial charge in [-0.05, 0) is 81.7 Å². The van der Waals surface area contributed by atoms with Crippen molar-refractivity contribution in [1.82, 2.24) is 14.9 Å². The second-order valence-corrected chi connectivity index (χ2v) is 14.0. The molecule has 1 unspecified atom stereocenters. The predicted molar refractivity (Wildman–Crippen MR) is 179 cm³/mol. The van der Waals surface area contributed by atoms with Crippen LogP contribution in [0.3, 0.4) is 0 Å². The summed E-state index contributed by atoms with van der Waals surface area (Å²) < 4.78 is 96.0. The zero-order valence-electron chi connectivity index (χ0n) is 27.7. The van der Waals surface area contributed by atoms with Crippen LogP contribution in [-0.4, -0.2) is 70.2 Å². The van der Waals surface area contributed by atoms with Gasteiger partial charge in [-0.25, -0.2) is 27.1 Å². The molecule has 1 aliphatic heterocycles. The number of sulfonamides is 1. The molecule has 0 spiro atoms. The van der Waals surface area contributed by atoms with Crippen molar-refractivity contribution in [2.24, 2.45) is 0 Å². The molecule has 0 radical (unpaired) electrons. The molecule has 14 heteroatoms. The highest BCUT2D eigenvalue weighted by Gasteiger charge is 2.38. The number of hydrogen-bond acceptors (Lipinski definition) is 8. The number of alkyl halides is 3. The van der Waals surface area contributed by atoms with E-state index in [-0.39, 0.29) is 12.4 Å². The third-order valence-electron chi connectivity index (χ3n) is 9.12. The Kier molecular flexibility index (Phi) is 10.7. The number of halogens is 4. The lowest BCUT2D eigenvalue weighted by Gasteiger charge is -2.48. The van der Waals surface area contributed by atoms with E-state index < -0.39 is 38.0 Å². The van der Waals surface area contributed by atoms with Crippen LogP contribution in [0.25, 0.3) is 0 Å². The minimum absolute atomic E-state index is 0.0453. The molecule has 0 N–H and O–H groups in total. The van der Waals surface area contributed by atoms with Gasteiger partial charge in [-0.2, -0.15) is 13.2 Å². The second-order valence-electron chi connectivity index (χ2n) is 12.2. The second kappa shape index (κ2) is 14.6. The molecular weight excluding hydrogens is 662 g/mol. The van der Waals surface area contributed by atoms with Crippen LogP contribution >= 0.6 is 0 Å². The van der Waals surface area contributed by atoms with Gasteiger partial charge in [-0.1, -0.05) is 18.2 Å². The van der Waals surface area contributed by atoms with Crippen molar-refractivity contribution in [2.75, 3.05) is 50.6 Å². The van der Waals surface area contributed by atoms with Gasteiger partial charge in [0.15, 0.2) is 0 Å². The maximum atomic E-state index is 16.0. The third-order valence-corrected chi connectivity index (χ3v) is 10.9. The number of ether oxygens (including phenoxy) is 2. The average molecular weight is 702 g/mol. The molecule has 0 bridgehead atoms. The molecule has 2 heterocycles. The molecular formula is C35H39F4N5O4S. The standard InChI is InChI=1S/C35H39F4N5O4S/c1-42(2)34(16-13-25-7-5-8-27(19-25)35(37,38)39)15-6-18-43(23-34)28-10-12-32(30(36)20-28)49(45,46)44(33-14-17-40-24-41-33)22-26-9-11-29(47-3)21-31(26)48-4/h5,7-12,14,17,19-21,24H,6,13,15-16,18,22-23H2,1-4H3. The van der Waals surface area contributed by atoms with E-state index in [0.717, 1.165) is 23.2 Å². The first-order valence-electron chi connectivity index (χ1n) is 15.7. The number of aromatic nitrogens is 2. The summed E-state index contributed by atoms with van der Waals surface area (Å²) in [6.07, 6.45) is 0.753. The van der Waals surface area contributed by atoms with E-state index in [1.54, 1.807) is 30.3 Å². The monoisotopic (exact) mass is 701 g/mol. The highest BCUT2D eigenvalue weighted by molar-refractivity contribution is 7.92. The normalized spacial score (nSPS) is 16.9. The molecule has 1 aromatic heterocycles. The van der Waals surface area contributed by atoms with Crippen molar-refractivity contribution < 1.29 is 35.5 Å². The van der Waals surface area contributed by atoms with E-state index in [4.69, 9.17) is 9.47 Å². The lowest BCUT2D eigenvalue weighted by molar-refractivity contribution is -0.137. The van der Waals surface area contributed by atoms with Crippen molar-refractivity contribution in [1.29, 1.82) is 0 Å². The van der Waals surface area contributed by atoms with Crippen LogP contribution in [0, 0.1) is 5.82 Å². The molecule has 3 aromatic carbocycles. The van der Waals surface area contributed by atoms with E-state index in [1.165, 1.54) is 57.1 Å². The molecule has 9 nitrogen and oxygen atoms in total. The van der Waals surface area contributed by atoms with Crippen molar-refractivity contribution in [3.63, 3.8) is 0 Å². The number of methoxy groups -OCH3 is 2. The molecule has 49 heavy (non-hydrogen) atoms. The number of benzene rings is 3. The van der Waals surface area contributed by atoms with E-state index in [9.17, 15) is 21.6 Å². The lowest BCUT2D eigenvalue weighted by atomic mass is 9.82. The number of piperidine rings is 1. The quantitative estimate of drug-likeness (QED) is 0.153. The van der Waals surface area contributed by atoms with Gasteiger partial charge in [0.05, 0.1) is 26.3 Å². The van der Waals surface area contributed by atoms with Crippen molar-refractivity contribution >= 4 is 21.5 Å². The van der Waals surface area contributed by atoms with Crippen LogP contribution in [0.4, 0.5) is 29.1 Å². The third kappa shape index (κ3) is 7.91. The average Bonchev–Trinajstić information content (AvgIpc) is 3.09. The summed E-state index contributed by atoms with van der Waals surface area (Å²) in [5.41, 5.74) is 0.512. The molecule has 5 rings (SSSR count).